The van der Waals surface area contributed by atoms with Crippen LogP contribution in [0.5, 0.6) is 0 Å². The van der Waals surface area contributed by atoms with Gasteiger partial charge < -0.3 is 26.3 Å². The number of carbonyl (C=O) groups is 2. The Kier molecular flexibility index (Phi) is 10.0. The number of unbranched alkanes of at least 4 members (excludes halogenated alkanes) is 2. The molecule has 8 nitrogen and oxygen atoms in total. The van der Waals surface area contributed by atoms with E-state index >= 15 is 0 Å². The second-order valence-electron chi connectivity index (χ2n) is 7.79. The van der Waals surface area contributed by atoms with Crippen molar-refractivity contribution < 1.29 is 9.59 Å². The lowest BCUT2D eigenvalue weighted by Gasteiger charge is -2.21. The number of hydrogen-bond donors (Lipinski definition) is 4. The van der Waals surface area contributed by atoms with Crippen molar-refractivity contribution >= 4 is 11.8 Å². The summed E-state index contributed by atoms with van der Waals surface area (Å²) >= 11 is 0. The molecule has 0 aliphatic rings. The van der Waals surface area contributed by atoms with E-state index in [4.69, 9.17) is 5.73 Å². The highest BCUT2D eigenvalue weighted by Gasteiger charge is 2.24. The summed E-state index contributed by atoms with van der Waals surface area (Å²) in [5.41, 5.74) is 7.79. The summed E-state index contributed by atoms with van der Waals surface area (Å²) in [5, 5.41) is 5.78. The normalized spacial score (nSPS) is 13.1. The number of rotatable bonds is 13. The first-order valence-corrected chi connectivity index (χ1v) is 10.4. The van der Waals surface area contributed by atoms with E-state index in [-0.39, 0.29) is 11.8 Å². The Bertz CT molecular complexity index is 748. The number of H-pyrrole nitrogens is 1. The summed E-state index contributed by atoms with van der Waals surface area (Å²) in [6.07, 6.45) is 6.97. The molecule has 164 valence electrons. The van der Waals surface area contributed by atoms with Crippen LogP contribution in [0.2, 0.25) is 0 Å². The molecule has 0 fully saturated rings. The molecule has 8 heteroatoms. The molecule has 2 aromatic rings. The van der Waals surface area contributed by atoms with Crippen molar-refractivity contribution in [2.24, 2.45) is 5.73 Å². The van der Waals surface area contributed by atoms with Crippen LogP contribution in [0, 0.1) is 0 Å². The highest BCUT2D eigenvalue weighted by Crippen LogP contribution is 2.05. The van der Waals surface area contributed by atoms with Crippen LogP contribution in [-0.2, 0) is 22.4 Å². The van der Waals surface area contributed by atoms with E-state index in [1.807, 2.05) is 30.3 Å². The number of nitrogens with zero attached hydrogens (tertiary/aromatic N) is 2. The first-order valence-electron chi connectivity index (χ1n) is 10.4. The monoisotopic (exact) mass is 414 g/mol. The van der Waals surface area contributed by atoms with Gasteiger partial charge in [-0.15, -0.1) is 0 Å². The number of aromatic amines is 1. The number of nitrogens with one attached hydrogen (secondary N) is 3. The molecule has 0 spiro atoms. The van der Waals surface area contributed by atoms with Gasteiger partial charge in [0, 0.05) is 31.3 Å². The van der Waals surface area contributed by atoms with Crippen molar-refractivity contribution in [3.63, 3.8) is 0 Å². The molecule has 1 aromatic heterocycles. The third kappa shape index (κ3) is 8.75. The lowest BCUT2D eigenvalue weighted by atomic mass is 10.0. The highest BCUT2D eigenvalue weighted by molar-refractivity contribution is 5.90. The molecule has 1 aromatic carbocycles. The molecule has 30 heavy (non-hydrogen) atoms. The molecule has 0 unspecified atom stereocenters. The van der Waals surface area contributed by atoms with Crippen LogP contribution in [0.15, 0.2) is 42.9 Å². The van der Waals surface area contributed by atoms with Gasteiger partial charge in [0.1, 0.15) is 6.04 Å². The summed E-state index contributed by atoms with van der Waals surface area (Å²) in [6.45, 7) is 1.63. The third-order valence-electron chi connectivity index (χ3n) is 4.83. The molecule has 0 radical (unpaired) electrons. The molecule has 0 bridgehead atoms. The van der Waals surface area contributed by atoms with Gasteiger partial charge in [0.25, 0.3) is 0 Å². The highest BCUT2D eigenvalue weighted by atomic mass is 16.2. The number of aromatic nitrogens is 2. The maximum atomic E-state index is 12.8. The first kappa shape index (κ1) is 23.6. The van der Waals surface area contributed by atoms with Gasteiger partial charge in [-0.1, -0.05) is 36.8 Å². The molecule has 0 saturated carbocycles. The third-order valence-corrected chi connectivity index (χ3v) is 4.83. The zero-order chi connectivity index (χ0) is 21.8. The second-order valence-corrected chi connectivity index (χ2v) is 7.79. The largest absolute Gasteiger partial charge is 0.354 e. The van der Waals surface area contributed by atoms with Crippen molar-refractivity contribution in [2.45, 2.75) is 44.2 Å². The quantitative estimate of drug-likeness (QED) is 0.363. The number of hydrogen-bond acceptors (Lipinski definition) is 5. The van der Waals surface area contributed by atoms with E-state index in [9.17, 15) is 9.59 Å². The van der Waals surface area contributed by atoms with Gasteiger partial charge in [-0.25, -0.2) is 4.98 Å². The van der Waals surface area contributed by atoms with Crippen molar-refractivity contribution in [3.05, 3.63) is 54.1 Å². The average Bonchev–Trinajstić information content (AvgIpc) is 3.23. The Morgan fingerprint density at radius 3 is 2.53 bits per heavy atom. The summed E-state index contributed by atoms with van der Waals surface area (Å²) in [7, 11) is 4.10. The van der Waals surface area contributed by atoms with Crippen LogP contribution in [0.25, 0.3) is 0 Å². The van der Waals surface area contributed by atoms with Crippen LogP contribution in [-0.4, -0.2) is 66.0 Å². The average molecular weight is 415 g/mol. The molecule has 0 aliphatic carbocycles. The predicted molar refractivity (Wildman–Crippen MR) is 118 cm³/mol. The van der Waals surface area contributed by atoms with E-state index in [2.05, 4.69) is 39.6 Å². The van der Waals surface area contributed by atoms with Crippen molar-refractivity contribution in [3.8, 4) is 0 Å². The van der Waals surface area contributed by atoms with E-state index in [0.29, 0.717) is 19.4 Å². The topological polar surface area (TPSA) is 116 Å². The minimum Gasteiger partial charge on any atom is -0.354 e. The van der Waals surface area contributed by atoms with E-state index in [1.54, 1.807) is 12.5 Å². The van der Waals surface area contributed by atoms with E-state index in [0.717, 1.165) is 37.1 Å². The van der Waals surface area contributed by atoms with Gasteiger partial charge in [-0.05, 0) is 39.0 Å². The lowest BCUT2D eigenvalue weighted by Crippen LogP contribution is -2.53. The smallest absolute Gasteiger partial charge is 0.242 e. The Balaban J connectivity index is 1.89. The standard InChI is InChI=1S/C22H34N6O2/c1-28(2)12-8-4-7-11-25-22(30)20(13-17-9-5-3-6-10-17)27-21(29)19(23)14-18-15-24-16-26-18/h3,5-6,9-10,15-16,19-20H,4,7-8,11-14,23H2,1-2H3,(H,24,26)(H,25,30)(H,27,29)/t19-,20-/m0/s1. The van der Waals surface area contributed by atoms with Gasteiger partial charge in [0.15, 0.2) is 0 Å². The van der Waals surface area contributed by atoms with Crippen LogP contribution < -0.4 is 16.4 Å². The zero-order valence-corrected chi connectivity index (χ0v) is 17.9. The molecule has 2 amide bonds. The molecular formula is C22H34N6O2. The van der Waals surface area contributed by atoms with Crippen molar-refractivity contribution in [1.82, 2.24) is 25.5 Å². The van der Waals surface area contributed by atoms with Gasteiger partial charge >= 0.3 is 0 Å². The molecule has 1 heterocycles. The zero-order valence-electron chi connectivity index (χ0n) is 17.9. The molecule has 2 atom stereocenters. The first-order chi connectivity index (χ1) is 14.5. The number of amides is 2. The van der Waals surface area contributed by atoms with Crippen LogP contribution in [0.4, 0.5) is 0 Å². The Morgan fingerprint density at radius 1 is 1.10 bits per heavy atom. The van der Waals surface area contributed by atoms with Gasteiger partial charge in [-0.3, -0.25) is 9.59 Å². The molecule has 0 saturated heterocycles. The molecule has 2 rings (SSSR count). The molecule has 0 aliphatic heterocycles. The van der Waals surface area contributed by atoms with Crippen LogP contribution in [0.1, 0.15) is 30.5 Å². The summed E-state index contributed by atoms with van der Waals surface area (Å²) < 4.78 is 0. The Hall–Kier alpha value is -2.71. The number of carbonyl (C=O) groups excluding carboxylic acids is 2. The SMILES string of the molecule is CN(C)CCCCCNC(=O)[C@H](Cc1ccccc1)NC(=O)[C@@H](N)Cc1cnc[nH]1. The summed E-state index contributed by atoms with van der Waals surface area (Å²) in [6, 6.07) is 8.21. The van der Waals surface area contributed by atoms with Gasteiger partial charge in [0.2, 0.25) is 11.8 Å². The second kappa shape index (κ2) is 12.8. The van der Waals surface area contributed by atoms with Crippen molar-refractivity contribution in [1.29, 1.82) is 0 Å². The van der Waals surface area contributed by atoms with E-state index < -0.39 is 12.1 Å². The number of nitrogens with two attached hydrogens (primary N) is 1. The Labute approximate surface area is 178 Å². The fourth-order valence-corrected chi connectivity index (χ4v) is 3.13. The predicted octanol–water partition coefficient (Wildman–Crippen LogP) is 0.855. The number of benzene rings is 1. The fraction of sp³-hybridized carbons (Fsp3) is 0.500. The number of imidazole rings is 1. The maximum absolute atomic E-state index is 12.8. The van der Waals surface area contributed by atoms with Crippen molar-refractivity contribution in [2.75, 3.05) is 27.2 Å². The lowest BCUT2D eigenvalue weighted by molar-refractivity contribution is -0.129. The minimum absolute atomic E-state index is 0.187. The van der Waals surface area contributed by atoms with Gasteiger partial charge in [-0.2, -0.15) is 0 Å². The Morgan fingerprint density at radius 2 is 1.87 bits per heavy atom. The van der Waals surface area contributed by atoms with E-state index in [1.165, 1.54) is 0 Å². The van der Waals surface area contributed by atoms with Gasteiger partial charge in [0.05, 0.1) is 12.4 Å². The molecule has 5 N–H and O–H groups in total. The maximum Gasteiger partial charge on any atom is 0.242 e. The molecular weight excluding hydrogens is 380 g/mol. The van der Waals surface area contributed by atoms with Crippen LogP contribution in [0.3, 0.4) is 0 Å². The summed E-state index contributed by atoms with van der Waals surface area (Å²) in [4.78, 5) is 34.4. The fourth-order valence-electron chi connectivity index (χ4n) is 3.13. The summed E-state index contributed by atoms with van der Waals surface area (Å²) in [5.74, 6) is -0.541. The minimum atomic E-state index is -0.762. The van der Waals surface area contributed by atoms with Crippen LogP contribution >= 0.6 is 0 Å².